The Kier molecular flexibility index (Phi) is 3.40. The number of aryl methyl sites for hydroxylation is 1. The summed E-state index contributed by atoms with van der Waals surface area (Å²) in [4.78, 5) is 41.2. The molecule has 21 heavy (non-hydrogen) atoms. The van der Waals surface area contributed by atoms with Crippen LogP contribution in [0.5, 0.6) is 0 Å². The van der Waals surface area contributed by atoms with Crippen molar-refractivity contribution in [1.82, 2.24) is 15.2 Å². The molecule has 2 aliphatic rings. The number of nitrogens with zero attached hydrogens (tertiary/aromatic N) is 2. The van der Waals surface area contributed by atoms with E-state index in [0.29, 0.717) is 37.5 Å². The van der Waals surface area contributed by atoms with Gasteiger partial charge in [0.05, 0.1) is 11.1 Å². The van der Waals surface area contributed by atoms with E-state index in [1.165, 1.54) is 11.3 Å². The van der Waals surface area contributed by atoms with Crippen LogP contribution in [0, 0.1) is 5.41 Å². The lowest BCUT2D eigenvalue weighted by Gasteiger charge is -2.20. The van der Waals surface area contributed by atoms with Crippen molar-refractivity contribution in [3.05, 3.63) is 11.1 Å². The number of likely N-dealkylation sites (tertiary alicyclic amines) is 1. The van der Waals surface area contributed by atoms with Crippen molar-refractivity contribution in [1.29, 1.82) is 0 Å². The predicted octanol–water partition coefficient (Wildman–Crippen LogP) is -0.0769. The van der Waals surface area contributed by atoms with Gasteiger partial charge in [0.15, 0.2) is 5.13 Å². The smallest absolute Gasteiger partial charge is 0.235 e. The van der Waals surface area contributed by atoms with Gasteiger partial charge in [-0.2, -0.15) is 0 Å². The Morgan fingerprint density at radius 3 is 2.95 bits per heavy atom. The first-order valence-electron chi connectivity index (χ1n) is 6.80. The van der Waals surface area contributed by atoms with Crippen LogP contribution in [0.4, 0.5) is 5.13 Å². The van der Waals surface area contributed by atoms with Crippen LogP contribution in [0.2, 0.25) is 0 Å². The van der Waals surface area contributed by atoms with Gasteiger partial charge in [-0.05, 0) is 12.8 Å². The van der Waals surface area contributed by atoms with E-state index in [9.17, 15) is 14.4 Å². The van der Waals surface area contributed by atoms with E-state index in [2.05, 4.69) is 10.3 Å². The largest absolute Gasteiger partial charge is 0.375 e. The number of hydrogen-bond acceptors (Lipinski definition) is 6. The summed E-state index contributed by atoms with van der Waals surface area (Å²) in [6.45, 7) is 0.862. The molecule has 0 saturated carbocycles. The number of hydrogen-bond donors (Lipinski definition) is 2. The van der Waals surface area contributed by atoms with Crippen LogP contribution in [-0.2, 0) is 20.8 Å². The molecule has 1 atom stereocenters. The molecule has 0 bridgehead atoms. The monoisotopic (exact) mass is 308 g/mol. The zero-order valence-electron chi connectivity index (χ0n) is 11.4. The molecular weight excluding hydrogens is 292 g/mol. The number of rotatable bonds is 3. The number of carbonyl (C=O) groups excluding carboxylic acids is 3. The van der Waals surface area contributed by atoms with E-state index in [0.717, 1.165) is 5.69 Å². The molecule has 3 rings (SSSR count). The molecule has 2 aliphatic heterocycles. The molecule has 0 aliphatic carbocycles. The van der Waals surface area contributed by atoms with Crippen LogP contribution in [0.1, 0.15) is 25.0 Å². The van der Waals surface area contributed by atoms with Crippen molar-refractivity contribution in [2.75, 3.05) is 18.8 Å². The lowest BCUT2D eigenvalue weighted by molar-refractivity contribution is -0.131. The van der Waals surface area contributed by atoms with Crippen molar-refractivity contribution in [3.8, 4) is 0 Å². The Hall–Kier alpha value is -1.96. The molecule has 7 nitrogen and oxygen atoms in total. The average molecular weight is 308 g/mol. The SMILES string of the molecule is Nc1nc(CCC(=O)N2CC[C@]3(CC(=O)NC3=O)C2)cs1. The lowest BCUT2D eigenvalue weighted by Crippen LogP contribution is -2.36. The van der Waals surface area contributed by atoms with Crippen molar-refractivity contribution in [2.45, 2.75) is 25.7 Å². The summed E-state index contributed by atoms with van der Waals surface area (Å²) in [7, 11) is 0. The van der Waals surface area contributed by atoms with Crippen LogP contribution in [0.15, 0.2) is 5.38 Å². The third-order valence-electron chi connectivity index (χ3n) is 4.10. The number of amides is 3. The summed E-state index contributed by atoms with van der Waals surface area (Å²) in [5.41, 5.74) is 5.67. The molecule has 3 amide bonds. The molecular formula is C13H16N4O3S. The molecule has 2 fully saturated rings. The number of nitrogen functional groups attached to an aromatic ring is 1. The van der Waals surface area contributed by atoms with Crippen LogP contribution in [-0.4, -0.2) is 40.7 Å². The van der Waals surface area contributed by atoms with E-state index >= 15 is 0 Å². The zero-order valence-corrected chi connectivity index (χ0v) is 12.2. The normalized spacial score (nSPS) is 24.9. The lowest BCUT2D eigenvalue weighted by atomic mass is 9.85. The fraction of sp³-hybridized carbons (Fsp3) is 0.538. The van der Waals surface area contributed by atoms with Crippen molar-refractivity contribution in [2.24, 2.45) is 5.41 Å². The van der Waals surface area contributed by atoms with Crippen LogP contribution in [0.25, 0.3) is 0 Å². The van der Waals surface area contributed by atoms with Gasteiger partial charge in [-0.3, -0.25) is 19.7 Å². The van der Waals surface area contributed by atoms with Crippen LogP contribution >= 0.6 is 11.3 Å². The van der Waals surface area contributed by atoms with Gasteiger partial charge in [0.1, 0.15) is 0 Å². The first kappa shape index (κ1) is 14.0. The molecule has 112 valence electrons. The highest BCUT2D eigenvalue weighted by Gasteiger charge is 2.51. The minimum atomic E-state index is -0.697. The average Bonchev–Trinajstić information content (AvgIpc) is 3.09. The van der Waals surface area contributed by atoms with Gasteiger partial charge in [-0.1, -0.05) is 0 Å². The number of nitrogens with one attached hydrogen (secondary N) is 1. The molecule has 0 radical (unpaired) electrons. The van der Waals surface area contributed by atoms with E-state index in [-0.39, 0.29) is 24.1 Å². The quantitative estimate of drug-likeness (QED) is 0.760. The maximum Gasteiger partial charge on any atom is 0.235 e. The summed E-state index contributed by atoms with van der Waals surface area (Å²) >= 11 is 1.36. The second kappa shape index (κ2) is 5.10. The first-order chi connectivity index (χ1) is 9.98. The summed E-state index contributed by atoms with van der Waals surface area (Å²) in [6.07, 6.45) is 1.63. The Bertz CT molecular complexity index is 614. The van der Waals surface area contributed by atoms with Crippen LogP contribution < -0.4 is 11.1 Å². The van der Waals surface area contributed by atoms with Crippen LogP contribution in [0.3, 0.4) is 0 Å². The maximum absolute atomic E-state index is 12.2. The summed E-state index contributed by atoms with van der Waals surface area (Å²) in [5.74, 6) is -0.493. The first-order valence-corrected chi connectivity index (χ1v) is 7.68. The van der Waals surface area contributed by atoms with Gasteiger partial charge in [-0.15, -0.1) is 11.3 Å². The van der Waals surface area contributed by atoms with E-state index in [1.54, 1.807) is 4.90 Å². The number of carbonyl (C=O) groups is 3. The van der Waals surface area contributed by atoms with Gasteiger partial charge in [0, 0.05) is 31.3 Å². The van der Waals surface area contributed by atoms with E-state index in [1.807, 2.05) is 5.38 Å². The molecule has 3 heterocycles. The highest BCUT2D eigenvalue weighted by Crippen LogP contribution is 2.37. The topological polar surface area (TPSA) is 105 Å². The molecule has 2 saturated heterocycles. The summed E-state index contributed by atoms with van der Waals surface area (Å²) in [5, 5.41) is 4.67. The third kappa shape index (κ3) is 2.63. The highest BCUT2D eigenvalue weighted by molar-refractivity contribution is 7.13. The summed E-state index contributed by atoms with van der Waals surface area (Å²) < 4.78 is 0. The number of thiazole rings is 1. The van der Waals surface area contributed by atoms with Gasteiger partial charge in [-0.25, -0.2) is 4.98 Å². The van der Waals surface area contributed by atoms with Crippen molar-refractivity contribution < 1.29 is 14.4 Å². The molecule has 0 aromatic carbocycles. The van der Waals surface area contributed by atoms with E-state index < -0.39 is 5.41 Å². The Balaban J connectivity index is 1.57. The molecule has 8 heteroatoms. The second-order valence-corrected chi connectivity index (χ2v) is 6.47. The van der Waals surface area contributed by atoms with Gasteiger partial charge in [0.2, 0.25) is 17.7 Å². The molecule has 0 unspecified atom stereocenters. The van der Waals surface area contributed by atoms with Gasteiger partial charge >= 0.3 is 0 Å². The van der Waals surface area contributed by atoms with Gasteiger partial charge in [0.25, 0.3) is 0 Å². The molecule has 1 aromatic heterocycles. The maximum atomic E-state index is 12.2. The standard InChI is InChI=1S/C13H16N4O3S/c14-12-15-8(6-21-12)1-2-10(19)17-4-3-13(7-17)5-9(18)16-11(13)20/h6H,1-5,7H2,(H2,14,15)(H,16,18,20)/t13-/m0/s1. The molecule has 1 aromatic rings. The number of aromatic nitrogens is 1. The Morgan fingerprint density at radius 1 is 1.52 bits per heavy atom. The minimum Gasteiger partial charge on any atom is -0.375 e. The van der Waals surface area contributed by atoms with E-state index in [4.69, 9.17) is 5.73 Å². The predicted molar refractivity (Wildman–Crippen MR) is 76.2 cm³/mol. The van der Waals surface area contributed by atoms with Gasteiger partial charge < -0.3 is 10.6 Å². The molecule has 3 N–H and O–H groups in total. The van der Waals surface area contributed by atoms with Crippen molar-refractivity contribution >= 4 is 34.2 Å². The van der Waals surface area contributed by atoms with Crippen molar-refractivity contribution in [3.63, 3.8) is 0 Å². The summed E-state index contributed by atoms with van der Waals surface area (Å²) in [6, 6.07) is 0. The third-order valence-corrected chi connectivity index (χ3v) is 4.83. The molecule has 1 spiro atoms. The number of anilines is 1. The fourth-order valence-corrected chi connectivity index (χ4v) is 3.53. The Morgan fingerprint density at radius 2 is 2.33 bits per heavy atom. The minimum absolute atomic E-state index is 0.00871. The zero-order chi connectivity index (χ0) is 15.0. The highest BCUT2D eigenvalue weighted by atomic mass is 32.1. The fourth-order valence-electron chi connectivity index (χ4n) is 2.94. The Labute approximate surface area is 125 Å². The second-order valence-electron chi connectivity index (χ2n) is 5.58. The number of nitrogens with two attached hydrogens (primary N) is 1. The number of imide groups is 1.